The molecular weight excluding hydrogens is 266 g/mol. The third-order valence-electron chi connectivity index (χ3n) is 3.37. The first-order valence-corrected chi connectivity index (χ1v) is 7.71. The summed E-state index contributed by atoms with van der Waals surface area (Å²) >= 11 is 0. The number of hydrogen-bond acceptors (Lipinski definition) is 2. The van der Waals surface area contributed by atoms with Gasteiger partial charge in [-0.05, 0) is 24.8 Å². The molecule has 1 aromatic carbocycles. The van der Waals surface area contributed by atoms with Gasteiger partial charge < -0.3 is 10.4 Å². The number of aliphatic carboxylic acids is 1. The smallest absolute Gasteiger partial charge is 0.303 e. The lowest BCUT2D eigenvalue weighted by atomic mass is 10.1. The van der Waals surface area contributed by atoms with Gasteiger partial charge in [-0.15, -0.1) is 0 Å². The highest BCUT2D eigenvalue weighted by atomic mass is 16.4. The molecule has 1 amide bonds. The predicted octanol–water partition coefficient (Wildman–Crippen LogP) is 3.16. The van der Waals surface area contributed by atoms with Gasteiger partial charge in [0.15, 0.2) is 0 Å². The highest BCUT2D eigenvalue weighted by molar-refractivity contribution is 5.75. The second-order valence-electron chi connectivity index (χ2n) is 5.25. The third-order valence-corrected chi connectivity index (χ3v) is 3.37. The minimum Gasteiger partial charge on any atom is -0.481 e. The first kappa shape index (κ1) is 17.2. The molecule has 0 bridgehead atoms. The average Bonchev–Trinajstić information content (AvgIpc) is 2.47. The molecule has 116 valence electrons. The van der Waals surface area contributed by atoms with Crippen LogP contribution < -0.4 is 5.32 Å². The van der Waals surface area contributed by atoms with Crippen LogP contribution in [0.1, 0.15) is 50.5 Å². The van der Waals surface area contributed by atoms with E-state index >= 15 is 0 Å². The Balaban J connectivity index is 1.93. The van der Waals surface area contributed by atoms with E-state index in [1.165, 1.54) is 5.56 Å². The van der Waals surface area contributed by atoms with Gasteiger partial charge in [0.05, 0.1) is 0 Å². The maximum atomic E-state index is 11.6. The number of hydrogen-bond donors (Lipinski definition) is 2. The molecule has 21 heavy (non-hydrogen) atoms. The van der Waals surface area contributed by atoms with Crippen LogP contribution in [0.2, 0.25) is 0 Å². The molecule has 4 nitrogen and oxygen atoms in total. The van der Waals surface area contributed by atoms with Crippen LogP contribution in [0.15, 0.2) is 30.3 Å². The Bertz CT molecular complexity index is 417. The van der Waals surface area contributed by atoms with Gasteiger partial charge in [0.25, 0.3) is 0 Å². The van der Waals surface area contributed by atoms with E-state index in [1.54, 1.807) is 0 Å². The van der Waals surface area contributed by atoms with Crippen molar-refractivity contribution in [2.45, 2.75) is 51.4 Å². The number of amides is 1. The summed E-state index contributed by atoms with van der Waals surface area (Å²) in [7, 11) is 0. The van der Waals surface area contributed by atoms with E-state index in [-0.39, 0.29) is 12.3 Å². The van der Waals surface area contributed by atoms with E-state index < -0.39 is 5.97 Å². The summed E-state index contributed by atoms with van der Waals surface area (Å²) < 4.78 is 0. The minimum absolute atomic E-state index is 0.108. The number of carbonyl (C=O) groups excluding carboxylic acids is 1. The monoisotopic (exact) mass is 291 g/mol. The molecule has 1 aromatic rings. The van der Waals surface area contributed by atoms with E-state index in [9.17, 15) is 9.59 Å². The molecule has 0 unspecified atom stereocenters. The molecule has 0 aliphatic heterocycles. The lowest BCUT2D eigenvalue weighted by Crippen LogP contribution is -2.25. The molecule has 0 aliphatic rings. The van der Waals surface area contributed by atoms with Gasteiger partial charge in [0.1, 0.15) is 0 Å². The lowest BCUT2D eigenvalue weighted by molar-refractivity contribution is -0.137. The fourth-order valence-corrected chi connectivity index (χ4v) is 2.17. The molecule has 0 atom stereocenters. The van der Waals surface area contributed by atoms with E-state index in [4.69, 9.17) is 5.11 Å². The lowest BCUT2D eigenvalue weighted by Gasteiger charge is -2.05. The van der Waals surface area contributed by atoms with Gasteiger partial charge in [-0.1, -0.05) is 49.6 Å². The molecule has 0 fully saturated rings. The summed E-state index contributed by atoms with van der Waals surface area (Å²) in [5, 5.41) is 11.4. The standard InChI is InChI=1S/C17H25NO3/c19-16(11-7-2-1-3-8-12-17(20)21)18-14-13-15-9-5-4-6-10-15/h4-6,9-10H,1-3,7-8,11-14H2,(H,18,19)(H,20,21). The Morgan fingerprint density at radius 2 is 1.52 bits per heavy atom. The minimum atomic E-state index is -0.729. The molecule has 0 aromatic heterocycles. The Labute approximate surface area is 126 Å². The molecule has 0 aliphatic carbocycles. The van der Waals surface area contributed by atoms with Crippen LogP contribution in [0.3, 0.4) is 0 Å². The highest BCUT2D eigenvalue weighted by Gasteiger charge is 2.01. The van der Waals surface area contributed by atoms with Crippen LogP contribution in [0.5, 0.6) is 0 Å². The van der Waals surface area contributed by atoms with E-state index in [2.05, 4.69) is 17.4 Å². The van der Waals surface area contributed by atoms with Crippen molar-refractivity contribution in [3.05, 3.63) is 35.9 Å². The van der Waals surface area contributed by atoms with Gasteiger partial charge in [-0.2, -0.15) is 0 Å². The van der Waals surface area contributed by atoms with E-state index in [0.29, 0.717) is 13.0 Å². The van der Waals surface area contributed by atoms with Crippen LogP contribution in [0, 0.1) is 0 Å². The number of nitrogens with one attached hydrogen (secondary N) is 1. The number of rotatable bonds is 11. The number of carboxylic acid groups (broad SMARTS) is 1. The maximum absolute atomic E-state index is 11.6. The number of carboxylic acids is 1. The number of carbonyl (C=O) groups is 2. The molecule has 0 spiro atoms. The average molecular weight is 291 g/mol. The summed E-state index contributed by atoms with van der Waals surface area (Å²) in [6, 6.07) is 10.1. The van der Waals surface area contributed by atoms with Gasteiger partial charge in [-0.3, -0.25) is 9.59 Å². The second kappa shape index (κ2) is 10.9. The molecule has 0 radical (unpaired) electrons. The van der Waals surface area contributed by atoms with Crippen molar-refractivity contribution in [2.24, 2.45) is 0 Å². The Kier molecular flexibility index (Phi) is 8.93. The number of unbranched alkanes of at least 4 members (excludes halogenated alkanes) is 4. The largest absolute Gasteiger partial charge is 0.481 e. The van der Waals surface area contributed by atoms with Crippen molar-refractivity contribution in [3.63, 3.8) is 0 Å². The summed E-state index contributed by atoms with van der Waals surface area (Å²) in [5.41, 5.74) is 1.23. The number of benzene rings is 1. The fraction of sp³-hybridized carbons (Fsp3) is 0.529. The zero-order valence-electron chi connectivity index (χ0n) is 12.5. The zero-order valence-corrected chi connectivity index (χ0v) is 12.5. The van der Waals surface area contributed by atoms with Gasteiger partial charge in [0.2, 0.25) is 5.91 Å². The normalized spacial score (nSPS) is 10.3. The maximum Gasteiger partial charge on any atom is 0.303 e. The Hall–Kier alpha value is -1.84. The fourth-order valence-electron chi connectivity index (χ4n) is 2.17. The summed E-state index contributed by atoms with van der Waals surface area (Å²) in [5.74, 6) is -0.621. The molecular formula is C17H25NO3. The Morgan fingerprint density at radius 1 is 0.905 bits per heavy atom. The van der Waals surface area contributed by atoms with Crippen molar-refractivity contribution in [1.82, 2.24) is 5.32 Å². The van der Waals surface area contributed by atoms with Crippen molar-refractivity contribution in [3.8, 4) is 0 Å². The molecule has 0 saturated carbocycles. The quantitative estimate of drug-likeness (QED) is 0.615. The third kappa shape index (κ3) is 9.66. The van der Waals surface area contributed by atoms with Crippen molar-refractivity contribution in [1.29, 1.82) is 0 Å². The van der Waals surface area contributed by atoms with Crippen LogP contribution in [-0.2, 0) is 16.0 Å². The summed E-state index contributed by atoms with van der Waals surface area (Å²) in [6.45, 7) is 0.682. The van der Waals surface area contributed by atoms with Crippen molar-refractivity contribution >= 4 is 11.9 Å². The highest BCUT2D eigenvalue weighted by Crippen LogP contribution is 2.07. The molecule has 4 heteroatoms. The molecule has 1 rings (SSSR count). The topological polar surface area (TPSA) is 66.4 Å². The van der Waals surface area contributed by atoms with Crippen LogP contribution in [-0.4, -0.2) is 23.5 Å². The molecule has 2 N–H and O–H groups in total. The van der Waals surface area contributed by atoms with Crippen molar-refractivity contribution < 1.29 is 14.7 Å². The first-order chi connectivity index (χ1) is 10.2. The van der Waals surface area contributed by atoms with Gasteiger partial charge in [-0.25, -0.2) is 0 Å². The predicted molar refractivity (Wildman–Crippen MR) is 83.1 cm³/mol. The first-order valence-electron chi connectivity index (χ1n) is 7.71. The second-order valence-corrected chi connectivity index (χ2v) is 5.25. The summed E-state index contributed by atoms with van der Waals surface area (Å²) in [4.78, 5) is 22.0. The van der Waals surface area contributed by atoms with E-state index in [0.717, 1.165) is 38.5 Å². The van der Waals surface area contributed by atoms with Crippen molar-refractivity contribution in [2.75, 3.05) is 6.54 Å². The zero-order chi connectivity index (χ0) is 15.3. The molecule has 0 saturated heterocycles. The Morgan fingerprint density at radius 3 is 2.19 bits per heavy atom. The van der Waals surface area contributed by atoms with Crippen LogP contribution in [0.25, 0.3) is 0 Å². The SMILES string of the molecule is O=C(O)CCCCCCCC(=O)NCCc1ccccc1. The molecule has 0 heterocycles. The van der Waals surface area contributed by atoms with Gasteiger partial charge >= 0.3 is 5.97 Å². The summed E-state index contributed by atoms with van der Waals surface area (Å²) in [6.07, 6.45) is 6.22. The van der Waals surface area contributed by atoms with Crippen LogP contribution in [0.4, 0.5) is 0 Å². The van der Waals surface area contributed by atoms with E-state index in [1.807, 2.05) is 18.2 Å². The van der Waals surface area contributed by atoms with Crippen LogP contribution >= 0.6 is 0 Å². The van der Waals surface area contributed by atoms with Gasteiger partial charge in [0, 0.05) is 19.4 Å².